The second kappa shape index (κ2) is 3.29. The van der Waals surface area contributed by atoms with Gasteiger partial charge in [0.05, 0.1) is 17.6 Å². The zero-order chi connectivity index (χ0) is 10.1. The van der Waals surface area contributed by atoms with Gasteiger partial charge in [0.15, 0.2) is 0 Å². The summed E-state index contributed by atoms with van der Waals surface area (Å²) in [5.74, 6) is 0.746. The number of hydrogen-bond acceptors (Lipinski definition) is 3. The molecule has 2 unspecified atom stereocenters. The number of hydrogen-bond donors (Lipinski definition) is 2. The number of nitrogens with zero attached hydrogens (tertiary/aromatic N) is 1. The van der Waals surface area contributed by atoms with E-state index < -0.39 is 0 Å². The second-order valence-electron chi connectivity index (χ2n) is 3.77. The molecule has 0 spiro atoms. The molecule has 74 valence electrons. The van der Waals surface area contributed by atoms with E-state index in [4.69, 9.17) is 5.73 Å². The second-order valence-corrected chi connectivity index (χ2v) is 3.77. The molecule has 0 saturated heterocycles. The Morgan fingerprint density at radius 3 is 3.00 bits per heavy atom. The van der Waals surface area contributed by atoms with E-state index in [1.54, 1.807) is 12.3 Å². The van der Waals surface area contributed by atoms with Crippen LogP contribution in [0.3, 0.4) is 0 Å². The Kier molecular flexibility index (Phi) is 2.11. The Balaban J connectivity index is 2.04. The minimum absolute atomic E-state index is 0.0652. The van der Waals surface area contributed by atoms with Crippen LogP contribution in [0.5, 0.6) is 0 Å². The van der Waals surface area contributed by atoms with Crippen LogP contribution in [0.4, 0.5) is 11.4 Å². The number of aromatic nitrogens is 1. The molecule has 0 bridgehead atoms. The summed E-state index contributed by atoms with van der Waals surface area (Å²) in [5.41, 5.74) is 6.81. The van der Waals surface area contributed by atoms with Crippen LogP contribution >= 0.6 is 0 Å². The van der Waals surface area contributed by atoms with Crippen LogP contribution < -0.4 is 11.1 Å². The van der Waals surface area contributed by atoms with Crippen LogP contribution in [-0.4, -0.2) is 10.9 Å². The summed E-state index contributed by atoms with van der Waals surface area (Å²) in [6.07, 6.45) is 4.13. The number of carbonyl (C=O) groups is 1. The molecule has 1 fully saturated rings. The maximum absolute atomic E-state index is 11.6. The van der Waals surface area contributed by atoms with Crippen molar-refractivity contribution in [3.63, 3.8) is 0 Å². The zero-order valence-corrected chi connectivity index (χ0v) is 8.03. The molecule has 1 amide bonds. The van der Waals surface area contributed by atoms with E-state index in [0.29, 0.717) is 17.3 Å². The monoisotopic (exact) mass is 191 g/mol. The summed E-state index contributed by atoms with van der Waals surface area (Å²) in [6.45, 7) is 2.07. The Morgan fingerprint density at radius 1 is 1.71 bits per heavy atom. The predicted octanol–water partition coefficient (Wildman–Crippen LogP) is 1.26. The van der Waals surface area contributed by atoms with Crippen LogP contribution in [-0.2, 0) is 4.79 Å². The van der Waals surface area contributed by atoms with Crippen molar-refractivity contribution in [2.24, 2.45) is 11.8 Å². The van der Waals surface area contributed by atoms with Gasteiger partial charge in [-0.25, -0.2) is 0 Å². The van der Waals surface area contributed by atoms with Gasteiger partial charge in [-0.3, -0.25) is 9.78 Å². The quantitative estimate of drug-likeness (QED) is 0.739. The van der Waals surface area contributed by atoms with Crippen LogP contribution in [0.1, 0.15) is 13.3 Å². The molecule has 2 rings (SSSR count). The van der Waals surface area contributed by atoms with E-state index in [1.807, 2.05) is 0 Å². The summed E-state index contributed by atoms with van der Waals surface area (Å²) in [5, 5.41) is 2.80. The molecular weight excluding hydrogens is 178 g/mol. The smallest absolute Gasteiger partial charge is 0.227 e. The highest BCUT2D eigenvalue weighted by Crippen LogP contribution is 2.38. The van der Waals surface area contributed by atoms with E-state index in [0.717, 1.165) is 6.42 Å². The highest BCUT2D eigenvalue weighted by molar-refractivity contribution is 5.96. The number of carbonyl (C=O) groups excluding carboxylic acids is 1. The number of amides is 1. The number of pyridine rings is 1. The first-order valence-electron chi connectivity index (χ1n) is 4.69. The van der Waals surface area contributed by atoms with Crippen LogP contribution in [0.15, 0.2) is 18.5 Å². The third-order valence-electron chi connectivity index (χ3n) is 2.56. The maximum atomic E-state index is 11.6. The first-order valence-corrected chi connectivity index (χ1v) is 4.69. The highest BCUT2D eigenvalue weighted by Gasteiger charge is 2.39. The number of rotatable bonds is 2. The number of anilines is 2. The van der Waals surface area contributed by atoms with Crippen LogP contribution in [0.25, 0.3) is 0 Å². The molecule has 14 heavy (non-hydrogen) atoms. The fraction of sp³-hybridized carbons (Fsp3) is 0.400. The van der Waals surface area contributed by atoms with Gasteiger partial charge >= 0.3 is 0 Å². The van der Waals surface area contributed by atoms with Gasteiger partial charge in [-0.15, -0.1) is 0 Å². The van der Waals surface area contributed by atoms with Crippen LogP contribution in [0, 0.1) is 11.8 Å². The lowest BCUT2D eigenvalue weighted by Crippen LogP contribution is -2.15. The Hall–Kier alpha value is -1.58. The average molecular weight is 191 g/mol. The van der Waals surface area contributed by atoms with E-state index >= 15 is 0 Å². The van der Waals surface area contributed by atoms with E-state index in [1.165, 1.54) is 6.20 Å². The lowest BCUT2D eigenvalue weighted by molar-refractivity contribution is -0.117. The van der Waals surface area contributed by atoms with Gasteiger partial charge in [0.25, 0.3) is 0 Å². The summed E-state index contributed by atoms with van der Waals surface area (Å²) in [7, 11) is 0. The molecule has 0 radical (unpaired) electrons. The molecule has 1 saturated carbocycles. The van der Waals surface area contributed by atoms with E-state index in [9.17, 15) is 4.79 Å². The summed E-state index contributed by atoms with van der Waals surface area (Å²) < 4.78 is 0. The van der Waals surface area contributed by atoms with Crippen molar-refractivity contribution in [1.29, 1.82) is 0 Å². The van der Waals surface area contributed by atoms with E-state index in [2.05, 4.69) is 17.2 Å². The number of nitrogens with two attached hydrogens (primary N) is 1. The molecule has 0 aromatic carbocycles. The van der Waals surface area contributed by atoms with Gasteiger partial charge in [0, 0.05) is 12.1 Å². The first kappa shape index (κ1) is 8.99. The average Bonchev–Trinajstić information content (AvgIpc) is 2.87. The third-order valence-corrected chi connectivity index (χ3v) is 2.56. The van der Waals surface area contributed by atoms with Crippen molar-refractivity contribution in [1.82, 2.24) is 4.98 Å². The molecule has 2 atom stereocenters. The molecule has 1 aromatic rings. The van der Waals surface area contributed by atoms with Crippen molar-refractivity contribution < 1.29 is 4.79 Å². The molecule has 1 aliphatic carbocycles. The van der Waals surface area contributed by atoms with Gasteiger partial charge in [0.2, 0.25) is 5.91 Å². The summed E-state index contributed by atoms with van der Waals surface area (Å²) in [6, 6.07) is 1.71. The maximum Gasteiger partial charge on any atom is 0.227 e. The lowest BCUT2D eigenvalue weighted by Gasteiger charge is -2.06. The Labute approximate surface area is 82.5 Å². The number of nitrogens with one attached hydrogen (secondary N) is 1. The number of nitrogen functional groups attached to an aromatic ring is 1. The fourth-order valence-corrected chi connectivity index (χ4v) is 1.43. The Bertz CT molecular complexity index is 364. The molecular formula is C10H13N3O. The SMILES string of the molecule is CC1CC1C(=O)Nc1ccncc1N. The topological polar surface area (TPSA) is 68.0 Å². The summed E-state index contributed by atoms with van der Waals surface area (Å²) >= 11 is 0. The summed E-state index contributed by atoms with van der Waals surface area (Å²) in [4.78, 5) is 15.4. The molecule has 1 aromatic heterocycles. The molecule has 3 N–H and O–H groups in total. The van der Waals surface area contributed by atoms with Crippen molar-refractivity contribution >= 4 is 17.3 Å². The fourth-order valence-electron chi connectivity index (χ4n) is 1.43. The van der Waals surface area contributed by atoms with Gasteiger partial charge < -0.3 is 11.1 Å². The molecule has 1 aliphatic rings. The Morgan fingerprint density at radius 2 is 2.43 bits per heavy atom. The van der Waals surface area contributed by atoms with Gasteiger partial charge in [-0.2, -0.15) is 0 Å². The normalized spacial score (nSPS) is 24.4. The highest BCUT2D eigenvalue weighted by atomic mass is 16.2. The van der Waals surface area contributed by atoms with Crippen molar-refractivity contribution in [3.8, 4) is 0 Å². The van der Waals surface area contributed by atoms with Crippen molar-refractivity contribution in [3.05, 3.63) is 18.5 Å². The predicted molar refractivity (Wildman–Crippen MR) is 54.6 cm³/mol. The molecule has 4 heteroatoms. The van der Waals surface area contributed by atoms with Crippen molar-refractivity contribution in [2.75, 3.05) is 11.1 Å². The van der Waals surface area contributed by atoms with Gasteiger partial charge in [-0.1, -0.05) is 6.92 Å². The molecule has 1 heterocycles. The minimum atomic E-state index is 0.0652. The van der Waals surface area contributed by atoms with Crippen molar-refractivity contribution in [2.45, 2.75) is 13.3 Å². The molecule has 4 nitrogen and oxygen atoms in total. The largest absolute Gasteiger partial charge is 0.396 e. The van der Waals surface area contributed by atoms with E-state index in [-0.39, 0.29) is 11.8 Å². The van der Waals surface area contributed by atoms with Gasteiger partial charge in [-0.05, 0) is 18.4 Å². The van der Waals surface area contributed by atoms with Gasteiger partial charge in [0.1, 0.15) is 0 Å². The third kappa shape index (κ3) is 1.69. The van der Waals surface area contributed by atoms with Crippen LogP contribution in [0.2, 0.25) is 0 Å². The first-order chi connectivity index (χ1) is 6.68. The standard InChI is InChI=1S/C10H13N3O/c1-6-4-7(6)10(14)13-9-2-3-12-5-8(9)11/h2-3,5-7H,4,11H2,1H3,(H,12,13,14). The lowest BCUT2D eigenvalue weighted by atomic mass is 10.3. The minimum Gasteiger partial charge on any atom is -0.396 e. The zero-order valence-electron chi connectivity index (χ0n) is 8.03. The molecule has 0 aliphatic heterocycles.